The molecule has 0 unspecified atom stereocenters. The minimum absolute atomic E-state index is 0.0187. The van der Waals surface area contributed by atoms with Crippen molar-refractivity contribution in [2.24, 2.45) is 0 Å². The Balaban J connectivity index is 2.91. The van der Waals surface area contributed by atoms with Gasteiger partial charge in [-0.2, -0.15) is 18.4 Å². The topological polar surface area (TPSA) is 50.1 Å². The van der Waals surface area contributed by atoms with Crippen molar-refractivity contribution < 1.29 is 22.7 Å². The highest BCUT2D eigenvalue weighted by atomic mass is 19.4. The second-order valence-electron chi connectivity index (χ2n) is 3.83. The first kappa shape index (κ1) is 15.8. The van der Waals surface area contributed by atoms with E-state index in [4.69, 9.17) is 5.26 Å². The fraction of sp³-hybridized carbons (Fsp3) is 0.286. The lowest BCUT2D eigenvalue weighted by atomic mass is 10.0. The zero-order chi connectivity index (χ0) is 15.2. The molecule has 0 amide bonds. The molecule has 6 heteroatoms. The summed E-state index contributed by atoms with van der Waals surface area (Å²) >= 11 is 0. The minimum atomic E-state index is -4.59. The van der Waals surface area contributed by atoms with Crippen molar-refractivity contribution >= 4 is 12.0 Å². The molecule has 20 heavy (non-hydrogen) atoms. The maximum absolute atomic E-state index is 12.7. The predicted molar refractivity (Wildman–Crippen MR) is 66.4 cm³/mol. The summed E-state index contributed by atoms with van der Waals surface area (Å²) in [5.74, 6) is -0.451. The van der Waals surface area contributed by atoms with Gasteiger partial charge in [-0.1, -0.05) is 18.2 Å². The van der Waals surface area contributed by atoms with E-state index in [2.05, 4.69) is 4.74 Å². The van der Waals surface area contributed by atoms with Gasteiger partial charge in [-0.05, 0) is 24.6 Å². The van der Waals surface area contributed by atoms with Gasteiger partial charge in [-0.15, -0.1) is 0 Å². The molecule has 0 aliphatic carbocycles. The number of rotatable bonds is 4. The average molecular weight is 283 g/mol. The van der Waals surface area contributed by atoms with E-state index in [1.165, 1.54) is 24.3 Å². The summed E-state index contributed by atoms with van der Waals surface area (Å²) in [4.78, 5) is 11.1. The number of ether oxygens (including phenoxy) is 1. The first-order chi connectivity index (χ1) is 9.38. The maximum Gasteiger partial charge on any atom is 0.417 e. The highest BCUT2D eigenvalue weighted by molar-refractivity contribution is 5.72. The van der Waals surface area contributed by atoms with E-state index >= 15 is 0 Å². The van der Waals surface area contributed by atoms with E-state index in [9.17, 15) is 18.0 Å². The molecule has 0 bridgehead atoms. The monoisotopic (exact) mass is 283 g/mol. The van der Waals surface area contributed by atoms with Crippen LogP contribution in [-0.4, -0.2) is 12.6 Å². The molecule has 0 fully saturated rings. The van der Waals surface area contributed by atoms with E-state index in [0.29, 0.717) is 0 Å². The van der Waals surface area contributed by atoms with Gasteiger partial charge < -0.3 is 4.74 Å². The third-order valence-corrected chi connectivity index (χ3v) is 2.37. The van der Waals surface area contributed by atoms with E-state index in [0.717, 1.165) is 12.1 Å². The van der Waals surface area contributed by atoms with Crippen LogP contribution in [0.2, 0.25) is 0 Å². The molecule has 0 spiro atoms. The highest BCUT2D eigenvalue weighted by Crippen LogP contribution is 2.32. The number of hydrogen-bond donors (Lipinski definition) is 0. The quantitative estimate of drug-likeness (QED) is 0.794. The number of alkyl halides is 3. The number of carbonyl (C=O) groups is 1. The van der Waals surface area contributed by atoms with Crippen LogP contribution in [0.15, 0.2) is 24.3 Å². The summed E-state index contributed by atoms with van der Waals surface area (Å²) in [6, 6.07) is 4.87. The first-order valence-corrected chi connectivity index (χ1v) is 5.82. The number of halogens is 3. The molecule has 0 saturated heterocycles. The molecule has 1 rings (SSSR count). The number of carbonyl (C=O) groups excluding carboxylic acids is 1. The molecule has 0 aromatic heterocycles. The molecule has 0 atom stereocenters. The zero-order valence-corrected chi connectivity index (χ0v) is 10.7. The third-order valence-electron chi connectivity index (χ3n) is 2.37. The van der Waals surface area contributed by atoms with Crippen molar-refractivity contribution in [2.45, 2.75) is 19.5 Å². The van der Waals surface area contributed by atoms with Crippen LogP contribution in [0.3, 0.4) is 0 Å². The number of nitriles is 1. The molecule has 0 aliphatic heterocycles. The van der Waals surface area contributed by atoms with Crippen molar-refractivity contribution in [3.05, 3.63) is 41.0 Å². The van der Waals surface area contributed by atoms with Crippen molar-refractivity contribution in [1.29, 1.82) is 5.26 Å². The van der Waals surface area contributed by atoms with Crippen LogP contribution in [0.5, 0.6) is 0 Å². The highest BCUT2D eigenvalue weighted by Gasteiger charge is 2.33. The lowest BCUT2D eigenvalue weighted by Gasteiger charge is -2.09. The van der Waals surface area contributed by atoms with Gasteiger partial charge in [0, 0.05) is 0 Å². The Morgan fingerprint density at radius 1 is 1.45 bits per heavy atom. The van der Waals surface area contributed by atoms with Gasteiger partial charge in [0.1, 0.15) is 0 Å². The van der Waals surface area contributed by atoms with Gasteiger partial charge in [0.25, 0.3) is 0 Å². The molecular formula is C14H12F3NO2. The smallest absolute Gasteiger partial charge is 0.417 e. The van der Waals surface area contributed by atoms with E-state index < -0.39 is 23.3 Å². The zero-order valence-electron chi connectivity index (χ0n) is 10.7. The van der Waals surface area contributed by atoms with Crippen LogP contribution in [0.1, 0.15) is 30.0 Å². The predicted octanol–water partition coefficient (Wildman–Crippen LogP) is 3.54. The Morgan fingerprint density at radius 2 is 2.15 bits per heavy atom. The van der Waals surface area contributed by atoms with Gasteiger partial charge >= 0.3 is 12.1 Å². The number of esters is 1. The Bertz CT molecular complexity index is 557. The molecule has 3 nitrogen and oxygen atoms in total. The molecule has 0 radical (unpaired) electrons. The Labute approximate surface area is 114 Å². The van der Waals surface area contributed by atoms with Gasteiger partial charge in [-0.3, -0.25) is 4.79 Å². The SMILES string of the molecule is CCOC(=O)CC=Cc1ccc(C#N)c(C(F)(F)F)c1. The molecular weight excluding hydrogens is 271 g/mol. The van der Waals surface area contributed by atoms with Crippen LogP contribution in [0.4, 0.5) is 13.2 Å². The third kappa shape index (κ3) is 4.43. The first-order valence-electron chi connectivity index (χ1n) is 5.82. The summed E-state index contributed by atoms with van der Waals surface area (Å²) in [6.45, 7) is 1.92. The Kier molecular flexibility index (Phi) is 5.32. The van der Waals surface area contributed by atoms with E-state index in [1.54, 1.807) is 6.92 Å². The Hall–Kier alpha value is -2.29. The molecule has 0 N–H and O–H groups in total. The number of hydrogen-bond acceptors (Lipinski definition) is 3. The fourth-order valence-electron chi connectivity index (χ4n) is 1.51. The van der Waals surface area contributed by atoms with Crippen molar-refractivity contribution in [3.63, 3.8) is 0 Å². The number of nitrogens with zero attached hydrogens (tertiary/aromatic N) is 1. The van der Waals surface area contributed by atoms with Crippen LogP contribution >= 0.6 is 0 Å². The molecule has 106 valence electrons. The van der Waals surface area contributed by atoms with Crippen LogP contribution < -0.4 is 0 Å². The lowest BCUT2D eigenvalue weighted by Crippen LogP contribution is -2.08. The second-order valence-corrected chi connectivity index (χ2v) is 3.83. The van der Waals surface area contributed by atoms with Crippen molar-refractivity contribution in [1.82, 2.24) is 0 Å². The number of benzene rings is 1. The van der Waals surface area contributed by atoms with Gasteiger partial charge in [0.05, 0.1) is 30.2 Å². The molecule has 0 aliphatic rings. The molecule has 0 saturated carbocycles. The van der Waals surface area contributed by atoms with Crippen molar-refractivity contribution in [3.8, 4) is 6.07 Å². The molecule has 0 heterocycles. The van der Waals surface area contributed by atoms with Crippen molar-refractivity contribution in [2.75, 3.05) is 6.61 Å². The van der Waals surface area contributed by atoms with Gasteiger partial charge in [-0.25, -0.2) is 0 Å². The summed E-state index contributed by atoms with van der Waals surface area (Å²) in [5.41, 5.74) is -1.15. The van der Waals surface area contributed by atoms with Gasteiger partial charge in [0.15, 0.2) is 0 Å². The maximum atomic E-state index is 12.7. The summed E-state index contributed by atoms with van der Waals surface area (Å²) in [5, 5.41) is 8.65. The second kappa shape index (κ2) is 6.75. The summed E-state index contributed by atoms with van der Waals surface area (Å²) in [6.07, 6.45) is -1.81. The van der Waals surface area contributed by atoms with Crippen LogP contribution in [0, 0.1) is 11.3 Å². The summed E-state index contributed by atoms with van der Waals surface area (Å²) < 4.78 is 42.8. The lowest BCUT2D eigenvalue weighted by molar-refractivity contribution is -0.142. The molecule has 1 aromatic carbocycles. The minimum Gasteiger partial charge on any atom is -0.466 e. The van der Waals surface area contributed by atoms with E-state index in [-0.39, 0.29) is 18.6 Å². The van der Waals surface area contributed by atoms with Gasteiger partial charge in [0.2, 0.25) is 0 Å². The summed E-state index contributed by atoms with van der Waals surface area (Å²) in [7, 11) is 0. The molecule has 1 aromatic rings. The standard InChI is InChI=1S/C14H12F3NO2/c1-2-20-13(19)5-3-4-10-6-7-11(9-18)12(8-10)14(15,16)17/h3-4,6-8H,2,5H2,1H3. The van der Waals surface area contributed by atoms with Crippen LogP contribution in [0.25, 0.3) is 6.08 Å². The normalized spacial score (nSPS) is 11.3. The fourth-order valence-corrected chi connectivity index (χ4v) is 1.51. The van der Waals surface area contributed by atoms with Crippen LogP contribution in [-0.2, 0) is 15.7 Å². The van der Waals surface area contributed by atoms with E-state index in [1.807, 2.05) is 0 Å². The largest absolute Gasteiger partial charge is 0.466 e. The average Bonchev–Trinajstić information content (AvgIpc) is 2.38. The Morgan fingerprint density at radius 3 is 2.70 bits per heavy atom.